The molecule has 0 spiro atoms. The molecule has 0 unspecified atom stereocenters. The van der Waals surface area contributed by atoms with Gasteiger partial charge in [-0.25, -0.2) is 13.9 Å². The fourth-order valence-corrected chi connectivity index (χ4v) is 2.43. The van der Waals surface area contributed by atoms with Crippen LogP contribution in [0.3, 0.4) is 0 Å². The fourth-order valence-electron chi connectivity index (χ4n) is 2.25. The average molecular weight is 373 g/mol. The number of nitrogens with zero attached hydrogens (tertiary/aromatic N) is 2. The summed E-state index contributed by atoms with van der Waals surface area (Å²) >= 11 is 5.68. The summed E-state index contributed by atoms with van der Waals surface area (Å²) in [4.78, 5) is 23.4. The Bertz CT molecular complexity index is 1020. The van der Waals surface area contributed by atoms with E-state index in [0.29, 0.717) is 17.1 Å². The second-order valence-corrected chi connectivity index (χ2v) is 5.87. The maximum Gasteiger partial charge on any atom is 0.323 e. The number of anilines is 2. The molecule has 0 fully saturated rings. The first-order valence-electron chi connectivity index (χ1n) is 7.60. The van der Waals surface area contributed by atoms with E-state index in [2.05, 4.69) is 15.7 Å². The molecule has 26 heavy (non-hydrogen) atoms. The first-order chi connectivity index (χ1) is 12.4. The van der Waals surface area contributed by atoms with Gasteiger partial charge < -0.3 is 10.6 Å². The number of carbonyl (C=O) groups excluding carboxylic acids is 1. The lowest BCUT2D eigenvalue weighted by molar-refractivity contribution is 0.262. The van der Waals surface area contributed by atoms with Gasteiger partial charge in [0.1, 0.15) is 5.82 Å². The van der Waals surface area contributed by atoms with E-state index in [9.17, 15) is 14.0 Å². The van der Waals surface area contributed by atoms with Crippen LogP contribution in [-0.4, -0.2) is 15.8 Å². The first-order valence-corrected chi connectivity index (χ1v) is 7.98. The maximum absolute atomic E-state index is 13.1. The molecule has 1 heterocycles. The van der Waals surface area contributed by atoms with Crippen LogP contribution in [0.2, 0.25) is 5.02 Å². The van der Waals surface area contributed by atoms with Gasteiger partial charge in [0, 0.05) is 30.1 Å². The van der Waals surface area contributed by atoms with E-state index in [1.165, 1.54) is 28.9 Å². The smallest absolute Gasteiger partial charge is 0.308 e. The second kappa shape index (κ2) is 7.37. The van der Waals surface area contributed by atoms with Crippen molar-refractivity contribution in [3.8, 4) is 11.3 Å². The third-order valence-electron chi connectivity index (χ3n) is 3.58. The second-order valence-electron chi connectivity index (χ2n) is 5.47. The van der Waals surface area contributed by atoms with Gasteiger partial charge in [0.2, 0.25) is 0 Å². The topological polar surface area (TPSA) is 76.0 Å². The van der Waals surface area contributed by atoms with E-state index >= 15 is 0 Å². The summed E-state index contributed by atoms with van der Waals surface area (Å²) in [5, 5.41) is 9.32. The minimum atomic E-state index is -0.555. The highest BCUT2D eigenvalue weighted by Crippen LogP contribution is 2.21. The van der Waals surface area contributed by atoms with Crippen molar-refractivity contribution < 1.29 is 9.18 Å². The number of aryl methyl sites for hydroxylation is 1. The van der Waals surface area contributed by atoms with Crippen LogP contribution < -0.4 is 16.2 Å². The standard InChI is InChI=1S/C18H14ClFN4O2/c1-24-17(25)9-8-16(23-24)11-2-4-12(5-3-11)21-18(26)22-13-6-7-15(20)14(19)10-13/h2-10H,1H3,(H2,21,22,26). The van der Waals surface area contributed by atoms with Gasteiger partial charge in [0.25, 0.3) is 5.56 Å². The van der Waals surface area contributed by atoms with E-state index in [4.69, 9.17) is 11.6 Å². The van der Waals surface area contributed by atoms with Crippen molar-refractivity contribution in [1.29, 1.82) is 0 Å². The highest BCUT2D eigenvalue weighted by Gasteiger charge is 2.07. The summed E-state index contributed by atoms with van der Waals surface area (Å²) in [6.45, 7) is 0. The van der Waals surface area contributed by atoms with Crippen LogP contribution in [0.5, 0.6) is 0 Å². The van der Waals surface area contributed by atoms with Crippen LogP contribution >= 0.6 is 11.6 Å². The van der Waals surface area contributed by atoms with Crippen molar-refractivity contribution in [2.75, 3.05) is 10.6 Å². The molecule has 0 radical (unpaired) electrons. The van der Waals surface area contributed by atoms with Gasteiger partial charge in [-0.15, -0.1) is 0 Å². The molecule has 6 nitrogen and oxygen atoms in total. The zero-order chi connectivity index (χ0) is 18.7. The number of halogens is 2. The Kier molecular flexibility index (Phi) is 4.99. The zero-order valence-electron chi connectivity index (χ0n) is 13.7. The van der Waals surface area contributed by atoms with Crippen LogP contribution in [0, 0.1) is 5.82 Å². The van der Waals surface area contributed by atoms with Crippen LogP contribution in [0.15, 0.2) is 59.4 Å². The Balaban J connectivity index is 1.68. The number of urea groups is 1. The monoisotopic (exact) mass is 372 g/mol. The third kappa shape index (κ3) is 4.07. The Morgan fingerprint density at radius 3 is 2.35 bits per heavy atom. The number of amides is 2. The number of benzene rings is 2. The highest BCUT2D eigenvalue weighted by molar-refractivity contribution is 6.31. The molecule has 2 aromatic carbocycles. The number of rotatable bonds is 3. The molecule has 0 bridgehead atoms. The molecule has 3 rings (SSSR count). The Labute approximate surface area is 153 Å². The maximum atomic E-state index is 13.1. The first kappa shape index (κ1) is 17.6. The van der Waals surface area contributed by atoms with Crippen molar-refractivity contribution in [3.05, 3.63) is 75.8 Å². The molecule has 3 aromatic rings. The van der Waals surface area contributed by atoms with E-state index in [1.807, 2.05) is 0 Å². The molecule has 8 heteroatoms. The number of carbonyl (C=O) groups is 1. The fraction of sp³-hybridized carbons (Fsp3) is 0.0556. The van der Waals surface area contributed by atoms with Crippen LogP contribution in [0.25, 0.3) is 11.3 Å². The number of hydrogen-bond acceptors (Lipinski definition) is 3. The summed E-state index contributed by atoms with van der Waals surface area (Å²) in [6.07, 6.45) is 0. The Morgan fingerprint density at radius 2 is 1.69 bits per heavy atom. The molecule has 0 saturated heterocycles. The van der Waals surface area contributed by atoms with Gasteiger partial charge >= 0.3 is 6.03 Å². The van der Waals surface area contributed by atoms with Gasteiger partial charge in [-0.05, 0) is 36.4 Å². The van der Waals surface area contributed by atoms with Gasteiger partial charge in [0.15, 0.2) is 0 Å². The van der Waals surface area contributed by atoms with Crippen LogP contribution in [0.1, 0.15) is 0 Å². The van der Waals surface area contributed by atoms with Crippen molar-refractivity contribution in [2.24, 2.45) is 7.05 Å². The number of nitrogens with one attached hydrogen (secondary N) is 2. The summed E-state index contributed by atoms with van der Waals surface area (Å²) in [6, 6.07) is 13.5. The summed E-state index contributed by atoms with van der Waals surface area (Å²) < 4.78 is 14.4. The summed E-state index contributed by atoms with van der Waals surface area (Å²) in [5.74, 6) is -0.555. The zero-order valence-corrected chi connectivity index (χ0v) is 14.4. The largest absolute Gasteiger partial charge is 0.323 e. The van der Waals surface area contributed by atoms with Crippen LogP contribution in [0.4, 0.5) is 20.6 Å². The molecule has 0 aliphatic heterocycles. The molecular weight excluding hydrogens is 359 g/mol. The number of aromatic nitrogens is 2. The lowest BCUT2D eigenvalue weighted by atomic mass is 10.1. The van der Waals surface area contributed by atoms with Crippen molar-refractivity contribution >= 4 is 29.0 Å². The van der Waals surface area contributed by atoms with Gasteiger partial charge in [-0.3, -0.25) is 4.79 Å². The van der Waals surface area contributed by atoms with E-state index in [-0.39, 0.29) is 10.6 Å². The van der Waals surface area contributed by atoms with Crippen molar-refractivity contribution in [1.82, 2.24) is 9.78 Å². The Morgan fingerprint density at radius 1 is 1.04 bits per heavy atom. The van der Waals surface area contributed by atoms with Gasteiger partial charge in [-0.1, -0.05) is 23.7 Å². The van der Waals surface area contributed by atoms with E-state index < -0.39 is 11.8 Å². The molecule has 0 atom stereocenters. The molecule has 2 amide bonds. The lowest BCUT2D eigenvalue weighted by Crippen LogP contribution is -2.19. The number of hydrogen-bond donors (Lipinski definition) is 2. The Hall–Kier alpha value is -3.19. The normalized spacial score (nSPS) is 10.4. The van der Waals surface area contributed by atoms with Gasteiger partial charge in [0.05, 0.1) is 10.7 Å². The minimum Gasteiger partial charge on any atom is -0.308 e. The van der Waals surface area contributed by atoms with Crippen molar-refractivity contribution in [3.63, 3.8) is 0 Å². The van der Waals surface area contributed by atoms with E-state index in [1.54, 1.807) is 37.4 Å². The van der Waals surface area contributed by atoms with Crippen LogP contribution in [-0.2, 0) is 7.05 Å². The lowest BCUT2D eigenvalue weighted by Gasteiger charge is -2.09. The molecule has 0 saturated carbocycles. The molecular formula is C18H14ClFN4O2. The predicted octanol–water partition coefficient (Wildman–Crippen LogP) is 3.88. The molecule has 0 aliphatic carbocycles. The van der Waals surface area contributed by atoms with E-state index in [0.717, 1.165) is 5.56 Å². The van der Waals surface area contributed by atoms with Crippen molar-refractivity contribution in [2.45, 2.75) is 0 Å². The summed E-state index contributed by atoms with van der Waals surface area (Å²) in [5.41, 5.74) is 2.19. The quantitative estimate of drug-likeness (QED) is 0.732. The predicted molar refractivity (Wildman–Crippen MR) is 99.0 cm³/mol. The third-order valence-corrected chi connectivity index (χ3v) is 3.87. The molecule has 132 valence electrons. The molecule has 1 aromatic heterocycles. The summed E-state index contributed by atoms with van der Waals surface area (Å²) in [7, 11) is 1.58. The molecule has 0 aliphatic rings. The molecule has 2 N–H and O–H groups in total. The average Bonchev–Trinajstić information content (AvgIpc) is 2.61. The minimum absolute atomic E-state index is 0.0723. The highest BCUT2D eigenvalue weighted by atomic mass is 35.5. The SMILES string of the molecule is Cn1nc(-c2ccc(NC(=O)Nc3ccc(F)c(Cl)c3)cc2)ccc1=O. The van der Waals surface area contributed by atoms with Gasteiger partial charge in [-0.2, -0.15) is 5.10 Å².